The predicted molar refractivity (Wildman–Crippen MR) is 90.5 cm³/mol. The number of fused-ring (bicyclic) bond motifs is 1. The Morgan fingerprint density at radius 1 is 1.24 bits per heavy atom. The third kappa shape index (κ3) is 3.03. The van der Waals surface area contributed by atoms with Crippen LogP contribution < -0.4 is 5.32 Å². The van der Waals surface area contributed by atoms with Crippen LogP contribution in [0.3, 0.4) is 0 Å². The van der Waals surface area contributed by atoms with Crippen LogP contribution >= 0.6 is 0 Å². The molecular weight excluding hydrogens is 320 g/mol. The standard InChI is InChI=1S/C17H18N6O2/c24-10-12-9-23(22-19-12)13-7-5-11(6-8-13)18-17(25)16-14-3-1-2-4-15(14)20-21-16/h5-9,24H,1-4,10H2,(H,18,25)(H,20,21). The molecule has 0 aliphatic heterocycles. The highest BCUT2D eigenvalue weighted by molar-refractivity contribution is 6.04. The minimum Gasteiger partial charge on any atom is -0.390 e. The number of aliphatic hydroxyl groups excluding tert-OH is 1. The van der Waals surface area contributed by atoms with Crippen molar-refractivity contribution in [1.82, 2.24) is 25.2 Å². The van der Waals surface area contributed by atoms with Gasteiger partial charge < -0.3 is 10.4 Å². The number of aromatic amines is 1. The molecule has 0 spiro atoms. The molecule has 0 saturated carbocycles. The zero-order chi connectivity index (χ0) is 17.2. The maximum atomic E-state index is 12.5. The first-order valence-electron chi connectivity index (χ1n) is 8.24. The lowest BCUT2D eigenvalue weighted by Gasteiger charge is -2.11. The molecule has 1 aliphatic rings. The molecule has 128 valence electrons. The first-order valence-corrected chi connectivity index (χ1v) is 8.24. The average molecular weight is 338 g/mol. The van der Waals surface area contributed by atoms with Gasteiger partial charge >= 0.3 is 0 Å². The van der Waals surface area contributed by atoms with Crippen molar-refractivity contribution in [2.75, 3.05) is 5.32 Å². The number of carbonyl (C=O) groups is 1. The van der Waals surface area contributed by atoms with Crippen molar-refractivity contribution < 1.29 is 9.90 Å². The zero-order valence-corrected chi connectivity index (χ0v) is 13.6. The fourth-order valence-electron chi connectivity index (χ4n) is 3.05. The van der Waals surface area contributed by atoms with Crippen molar-refractivity contribution in [3.8, 4) is 5.69 Å². The normalized spacial score (nSPS) is 13.5. The molecule has 1 amide bonds. The summed E-state index contributed by atoms with van der Waals surface area (Å²) < 4.78 is 1.57. The number of amides is 1. The monoisotopic (exact) mass is 338 g/mol. The number of nitrogens with zero attached hydrogens (tertiary/aromatic N) is 4. The second-order valence-corrected chi connectivity index (χ2v) is 6.05. The van der Waals surface area contributed by atoms with Crippen molar-refractivity contribution in [2.45, 2.75) is 32.3 Å². The molecule has 4 rings (SSSR count). The highest BCUT2D eigenvalue weighted by Crippen LogP contribution is 2.23. The van der Waals surface area contributed by atoms with Gasteiger partial charge in [-0.3, -0.25) is 9.89 Å². The Morgan fingerprint density at radius 2 is 2.04 bits per heavy atom. The van der Waals surface area contributed by atoms with Gasteiger partial charge in [0.05, 0.1) is 18.5 Å². The zero-order valence-electron chi connectivity index (χ0n) is 13.6. The second kappa shape index (κ2) is 6.48. The molecule has 0 saturated heterocycles. The van der Waals surface area contributed by atoms with Crippen molar-refractivity contribution in [3.05, 3.63) is 53.1 Å². The van der Waals surface area contributed by atoms with Gasteiger partial charge in [0.2, 0.25) is 0 Å². The van der Waals surface area contributed by atoms with E-state index in [-0.39, 0.29) is 12.5 Å². The van der Waals surface area contributed by atoms with Crippen molar-refractivity contribution >= 4 is 11.6 Å². The van der Waals surface area contributed by atoms with Crippen molar-refractivity contribution in [2.24, 2.45) is 0 Å². The van der Waals surface area contributed by atoms with E-state index in [2.05, 4.69) is 25.8 Å². The number of nitrogens with one attached hydrogen (secondary N) is 2. The first-order chi connectivity index (χ1) is 12.2. The number of benzene rings is 1. The maximum absolute atomic E-state index is 12.5. The maximum Gasteiger partial charge on any atom is 0.276 e. The van der Waals surface area contributed by atoms with E-state index in [1.54, 1.807) is 23.0 Å². The van der Waals surface area contributed by atoms with E-state index < -0.39 is 0 Å². The number of aromatic nitrogens is 5. The van der Waals surface area contributed by atoms with Crippen LogP contribution in [-0.2, 0) is 19.4 Å². The number of carbonyl (C=O) groups excluding carboxylic acids is 1. The summed E-state index contributed by atoms with van der Waals surface area (Å²) in [4.78, 5) is 12.5. The molecule has 3 N–H and O–H groups in total. The lowest BCUT2D eigenvalue weighted by molar-refractivity contribution is 0.102. The average Bonchev–Trinajstić information content (AvgIpc) is 3.29. The van der Waals surface area contributed by atoms with E-state index in [0.29, 0.717) is 17.1 Å². The molecule has 0 radical (unpaired) electrons. The Labute approximate surface area is 143 Å². The smallest absolute Gasteiger partial charge is 0.276 e. The van der Waals surface area contributed by atoms with Gasteiger partial charge in [0.1, 0.15) is 5.69 Å². The highest BCUT2D eigenvalue weighted by Gasteiger charge is 2.21. The molecule has 0 atom stereocenters. The number of hydrogen-bond acceptors (Lipinski definition) is 5. The molecule has 3 aromatic rings. The summed E-state index contributed by atoms with van der Waals surface area (Å²) in [6, 6.07) is 7.25. The summed E-state index contributed by atoms with van der Waals surface area (Å²) in [5, 5.41) is 26.9. The molecule has 2 aromatic heterocycles. The predicted octanol–water partition coefficient (Wildman–Crippen LogP) is 1.61. The Balaban J connectivity index is 1.49. The van der Waals surface area contributed by atoms with Crippen molar-refractivity contribution in [3.63, 3.8) is 0 Å². The minimum absolute atomic E-state index is 0.151. The molecule has 1 aromatic carbocycles. The SMILES string of the molecule is O=C(Nc1ccc(-n2cc(CO)nn2)cc1)c1n[nH]c2c1CCCC2. The third-order valence-electron chi connectivity index (χ3n) is 4.36. The summed E-state index contributed by atoms with van der Waals surface area (Å²) in [5.41, 5.74) is 4.59. The van der Waals surface area contributed by atoms with E-state index in [1.807, 2.05) is 12.1 Å². The van der Waals surface area contributed by atoms with E-state index in [4.69, 9.17) is 5.11 Å². The van der Waals surface area contributed by atoms with E-state index >= 15 is 0 Å². The van der Waals surface area contributed by atoms with Crippen LogP contribution in [0.5, 0.6) is 0 Å². The molecular formula is C17H18N6O2. The summed E-state index contributed by atoms with van der Waals surface area (Å²) in [6.07, 6.45) is 5.74. The number of rotatable bonds is 4. The number of aryl methyl sites for hydroxylation is 1. The third-order valence-corrected chi connectivity index (χ3v) is 4.36. The Morgan fingerprint density at radius 3 is 2.80 bits per heavy atom. The van der Waals surface area contributed by atoms with Crippen LogP contribution in [0, 0.1) is 0 Å². The van der Waals surface area contributed by atoms with Crippen LogP contribution in [0.25, 0.3) is 5.69 Å². The van der Waals surface area contributed by atoms with E-state index in [9.17, 15) is 4.79 Å². The fraction of sp³-hybridized carbons (Fsp3) is 0.294. The van der Waals surface area contributed by atoms with Crippen molar-refractivity contribution in [1.29, 1.82) is 0 Å². The molecule has 0 unspecified atom stereocenters. The van der Waals surface area contributed by atoms with Crippen LogP contribution in [0.15, 0.2) is 30.5 Å². The van der Waals surface area contributed by atoms with Gasteiger partial charge in [-0.15, -0.1) is 5.10 Å². The van der Waals surface area contributed by atoms with E-state index in [0.717, 1.165) is 42.6 Å². The van der Waals surface area contributed by atoms with Crippen LogP contribution in [0.4, 0.5) is 5.69 Å². The molecule has 1 aliphatic carbocycles. The van der Waals surface area contributed by atoms with Crippen LogP contribution in [0.1, 0.15) is 40.3 Å². The van der Waals surface area contributed by atoms with Gasteiger partial charge in [0.25, 0.3) is 5.91 Å². The number of H-pyrrole nitrogens is 1. The summed E-state index contributed by atoms with van der Waals surface area (Å²) in [5.74, 6) is -0.199. The largest absolute Gasteiger partial charge is 0.390 e. The molecule has 8 nitrogen and oxygen atoms in total. The fourth-order valence-corrected chi connectivity index (χ4v) is 3.05. The minimum atomic E-state index is -0.199. The van der Waals surface area contributed by atoms with Gasteiger partial charge in [0, 0.05) is 16.9 Å². The summed E-state index contributed by atoms with van der Waals surface area (Å²) in [6.45, 7) is -0.151. The second-order valence-electron chi connectivity index (χ2n) is 6.05. The Hall–Kier alpha value is -3.00. The number of aliphatic hydroxyl groups is 1. The molecule has 25 heavy (non-hydrogen) atoms. The summed E-state index contributed by atoms with van der Waals surface area (Å²) >= 11 is 0. The quantitative estimate of drug-likeness (QED) is 0.670. The molecule has 2 heterocycles. The van der Waals surface area contributed by atoms with Gasteiger partial charge in [-0.25, -0.2) is 4.68 Å². The van der Waals surface area contributed by atoms with Crippen LogP contribution in [-0.4, -0.2) is 36.2 Å². The van der Waals surface area contributed by atoms with Gasteiger partial charge in [-0.05, 0) is 49.9 Å². The van der Waals surface area contributed by atoms with Gasteiger partial charge in [0.15, 0.2) is 5.69 Å². The van der Waals surface area contributed by atoms with E-state index in [1.165, 1.54) is 0 Å². The van der Waals surface area contributed by atoms with Gasteiger partial charge in [-0.2, -0.15) is 5.10 Å². The first kappa shape index (κ1) is 15.5. The topological polar surface area (TPSA) is 109 Å². The number of anilines is 1. The summed E-state index contributed by atoms with van der Waals surface area (Å²) in [7, 11) is 0. The molecule has 0 fully saturated rings. The number of hydrogen-bond donors (Lipinski definition) is 3. The Bertz CT molecular complexity index is 896. The Kier molecular flexibility index (Phi) is 4.02. The molecule has 8 heteroatoms. The lowest BCUT2D eigenvalue weighted by Crippen LogP contribution is -2.15. The van der Waals surface area contributed by atoms with Gasteiger partial charge in [-0.1, -0.05) is 5.21 Å². The molecule has 0 bridgehead atoms. The highest BCUT2D eigenvalue weighted by atomic mass is 16.3. The lowest BCUT2D eigenvalue weighted by atomic mass is 9.96. The van der Waals surface area contributed by atoms with Crippen LogP contribution in [0.2, 0.25) is 0 Å².